The van der Waals surface area contributed by atoms with Crippen LogP contribution >= 0.6 is 11.3 Å². The lowest BCUT2D eigenvalue weighted by Crippen LogP contribution is -2.43. The van der Waals surface area contributed by atoms with E-state index >= 15 is 0 Å². The van der Waals surface area contributed by atoms with Gasteiger partial charge < -0.3 is 15.5 Å². The largest absolute Gasteiger partial charge is 0.356 e. The summed E-state index contributed by atoms with van der Waals surface area (Å²) in [6, 6.07) is 0. The summed E-state index contributed by atoms with van der Waals surface area (Å²) in [6.45, 7) is 9.79. The normalized spacial score (nSPS) is 16.8. The Balaban J connectivity index is 1.62. The van der Waals surface area contributed by atoms with Crippen molar-refractivity contribution in [3.63, 3.8) is 0 Å². The Morgan fingerprint density at radius 3 is 2.65 bits per heavy atom. The predicted octanol–water partition coefficient (Wildman–Crippen LogP) is 2.46. The number of aromatic nitrogens is 1. The van der Waals surface area contributed by atoms with Crippen molar-refractivity contribution < 1.29 is 0 Å². The van der Waals surface area contributed by atoms with Crippen LogP contribution in [0.25, 0.3) is 0 Å². The van der Waals surface area contributed by atoms with E-state index in [1.807, 2.05) is 7.05 Å². The molecule has 0 aromatic carbocycles. The number of hydrogen-bond donors (Lipinski definition) is 2. The molecule has 0 unspecified atom stereocenters. The second kappa shape index (κ2) is 9.88. The average molecular weight is 338 g/mol. The highest BCUT2D eigenvalue weighted by Crippen LogP contribution is 2.19. The highest BCUT2D eigenvalue weighted by molar-refractivity contribution is 7.09. The zero-order chi connectivity index (χ0) is 16.5. The molecule has 1 aliphatic heterocycles. The van der Waals surface area contributed by atoms with Crippen LogP contribution in [0.2, 0.25) is 0 Å². The molecule has 5 nitrogen and oxygen atoms in total. The second-order valence-electron chi connectivity index (χ2n) is 6.41. The molecule has 23 heavy (non-hydrogen) atoms. The van der Waals surface area contributed by atoms with E-state index in [-0.39, 0.29) is 0 Å². The van der Waals surface area contributed by atoms with Gasteiger partial charge in [-0.1, -0.05) is 20.3 Å². The van der Waals surface area contributed by atoms with Crippen molar-refractivity contribution in [2.45, 2.75) is 45.4 Å². The van der Waals surface area contributed by atoms with Gasteiger partial charge in [0.15, 0.2) is 5.96 Å². The van der Waals surface area contributed by atoms with E-state index < -0.39 is 0 Å². The molecule has 1 aromatic rings. The van der Waals surface area contributed by atoms with Gasteiger partial charge in [0.1, 0.15) is 0 Å². The van der Waals surface area contributed by atoms with E-state index in [1.54, 1.807) is 11.3 Å². The fourth-order valence-corrected chi connectivity index (χ4v) is 3.62. The SMILES string of the molecule is CN=C(NCCc1csc(C(C)C)n1)NCCN1CCCCC1. The number of piperidine rings is 1. The highest BCUT2D eigenvalue weighted by atomic mass is 32.1. The van der Waals surface area contributed by atoms with Gasteiger partial charge in [-0.25, -0.2) is 4.98 Å². The molecule has 6 heteroatoms. The van der Waals surface area contributed by atoms with Crippen LogP contribution in [0.5, 0.6) is 0 Å². The third-order valence-electron chi connectivity index (χ3n) is 4.13. The van der Waals surface area contributed by atoms with Crippen molar-refractivity contribution in [1.29, 1.82) is 0 Å². The van der Waals surface area contributed by atoms with Crippen molar-refractivity contribution in [3.8, 4) is 0 Å². The lowest BCUT2D eigenvalue weighted by molar-refractivity contribution is 0.232. The summed E-state index contributed by atoms with van der Waals surface area (Å²) in [6.07, 6.45) is 5.02. The molecule has 130 valence electrons. The molecule has 0 spiro atoms. The van der Waals surface area contributed by atoms with E-state index in [0.29, 0.717) is 5.92 Å². The Kier molecular flexibility index (Phi) is 7.82. The second-order valence-corrected chi connectivity index (χ2v) is 7.30. The summed E-state index contributed by atoms with van der Waals surface area (Å²) < 4.78 is 0. The highest BCUT2D eigenvalue weighted by Gasteiger charge is 2.09. The number of thiazole rings is 1. The fourth-order valence-electron chi connectivity index (χ4n) is 2.75. The topological polar surface area (TPSA) is 52.6 Å². The zero-order valence-corrected chi connectivity index (χ0v) is 15.6. The van der Waals surface area contributed by atoms with E-state index in [4.69, 9.17) is 0 Å². The van der Waals surface area contributed by atoms with E-state index in [0.717, 1.165) is 32.0 Å². The third-order valence-corrected chi connectivity index (χ3v) is 5.32. The molecule has 0 radical (unpaired) electrons. The lowest BCUT2D eigenvalue weighted by atomic mass is 10.1. The van der Waals surface area contributed by atoms with Crippen LogP contribution in [0.3, 0.4) is 0 Å². The predicted molar refractivity (Wildman–Crippen MR) is 99.6 cm³/mol. The molecule has 0 atom stereocenters. The van der Waals surface area contributed by atoms with Gasteiger partial charge in [-0.15, -0.1) is 11.3 Å². The van der Waals surface area contributed by atoms with Gasteiger partial charge in [-0.3, -0.25) is 4.99 Å². The van der Waals surface area contributed by atoms with Gasteiger partial charge in [0.25, 0.3) is 0 Å². The van der Waals surface area contributed by atoms with Crippen molar-refractivity contribution in [2.24, 2.45) is 4.99 Å². The van der Waals surface area contributed by atoms with Gasteiger partial charge in [0, 0.05) is 44.4 Å². The Bertz CT molecular complexity index is 477. The number of nitrogens with zero attached hydrogens (tertiary/aromatic N) is 3. The van der Waals surface area contributed by atoms with Gasteiger partial charge in [-0.2, -0.15) is 0 Å². The maximum Gasteiger partial charge on any atom is 0.191 e. The Morgan fingerprint density at radius 2 is 2.00 bits per heavy atom. The molecule has 1 aliphatic rings. The summed E-state index contributed by atoms with van der Waals surface area (Å²) >= 11 is 1.76. The molecule has 0 aliphatic carbocycles. The molecule has 0 amide bonds. The van der Waals surface area contributed by atoms with Crippen LogP contribution in [0.15, 0.2) is 10.4 Å². The van der Waals surface area contributed by atoms with Crippen molar-refractivity contribution in [2.75, 3.05) is 39.8 Å². The van der Waals surface area contributed by atoms with Crippen molar-refractivity contribution in [3.05, 3.63) is 16.1 Å². The van der Waals surface area contributed by atoms with Gasteiger partial charge in [-0.05, 0) is 25.9 Å². The van der Waals surface area contributed by atoms with Crippen molar-refractivity contribution in [1.82, 2.24) is 20.5 Å². The van der Waals surface area contributed by atoms with Crippen LogP contribution in [0, 0.1) is 0 Å². The monoisotopic (exact) mass is 337 g/mol. The number of likely N-dealkylation sites (tertiary alicyclic amines) is 1. The molecule has 1 saturated heterocycles. The van der Waals surface area contributed by atoms with Crippen molar-refractivity contribution >= 4 is 17.3 Å². The molecule has 1 aromatic heterocycles. The number of aliphatic imine (C=N–C) groups is 1. The standard InChI is InChI=1S/C17H31N5S/c1-14(2)16-21-15(13-23-16)7-8-19-17(18-3)20-9-12-22-10-5-4-6-11-22/h13-14H,4-12H2,1-3H3,(H2,18,19,20). The van der Waals surface area contributed by atoms with Crippen LogP contribution in [0.4, 0.5) is 0 Å². The molecule has 0 saturated carbocycles. The number of guanidine groups is 1. The fraction of sp³-hybridized carbons (Fsp3) is 0.765. The van der Waals surface area contributed by atoms with E-state index in [2.05, 4.69) is 44.7 Å². The van der Waals surface area contributed by atoms with Crippen LogP contribution in [-0.2, 0) is 6.42 Å². The summed E-state index contributed by atoms with van der Waals surface area (Å²) in [5.74, 6) is 1.41. The minimum absolute atomic E-state index is 0.519. The first-order valence-corrected chi connectivity index (χ1v) is 9.68. The lowest BCUT2D eigenvalue weighted by Gasteiger charge is -2.26. The first kappa shape index (κ1) is 18.2. The molecule has 2 heterocycles. The number of rotatable bonds is 7. The minimum atomic E-state index is 0.519. The molecular weight excluding hydrogens is 306 g/mol. The van der Waals surface area contributed by atoms with Crippen LogP contribution < -0.4 is 10.6 Å². The zero-order valence-electron chi connectivity index (χ0n) is 14.8. The minimum Gasteiger partial charge on any atom is -0.356 e. The first-order chi connectivity index (χ1) is 11.2. The molecular formula is C17H31N5S. The van der Waals surface area contributed by atoms with Gasteiger partial charge >= 0.3 is 0 Å². The third kappa shape index (κ3) is 6.47. The first-order valence-electron chi connectivity index (χ1n) is 8.80. The smallest absolute Gasteiger partial charge is 0.191 e. The summed E-state index contributed by atoms with van der Waals surface area (Å²) in [5.41, 5.74) is 1.18. The summed E-state index contributed by atoms with van der Waals surface area (Å²) in [4.78, 5) is 11.5. The Hall–Kier alpha value is -1.14. The Labute approximate surface area is 144 Å². The average Bonchev–Trinajstić information content (AvgIpc) is 3.03. The van der Waals surface area contributed by atoms with Gasteiger partial charge in [0.2, 0.25) is 0 Å². The van der Waals surface area contributed by atoms with Crippen LogP contribution in [-0.4, -0.2) is 55.6 Å². The summed E-state index contributed by atoms with van der Waals surface area (Å²) in [7, 11) is 1.83. The van der Waals surface area contributed by atoms with E-state index in [1.165, 1.54) is 43.1 Å². The number of hydrogen-bond acceptors (Lipinski definition) is 4. The van der Waals surface area contributed by atoms with Gasteiger partial charge in [0.05, 0.1) is 10.7 Å². The quantitative estimate of drug-likeness (QED) is 0.593. The maximum atomic E-state index is 4.67. The number of nitrogens with one attached hydrogen (secondary N) is 2. The maximum absolute atomic E-state index is 4.67. The molecule has 0 bridgehead atoms. The van der Waals surface area contributed by atoms with Crippen LogP contribution in [0.1, 0.15) is 49.7 Å². The van der Waals surface area contributed by atoms with E-state index in [9.17, 15) is 0 Å². The molecule has 2 rings (SSSR count). The Morgan fingerprint density at radius 1 is 1.26 bits per heavy atom. The molecule has 2 N–H and O–H groups in total. The summed E-state index contributed by atoms with van der Waals surface area (Å²) in [5, 5.41) is 10.2. The molecule has 1 fully saturated rings.